The summed E-state index contributed by atoms with van der Waals surface area (Å²) in [5.41, 5.74) is 0.963. The van der Waals surface area contributed by atoms with Crippen LogP contribution in [0.1, 0.15) is 39.5 Å². The Kier molecular flexibility index (Phi) is 4.33. The Labute approximate surface area is 91.6 Å². The molecular weight excluding hydrogens is 190 g/mol. The Morgan fingerprint density at radius 3 is 2.60 bits per heavy atom. The number of hydrogen-bond acceptors (Lipinski definition) is 2. The van der Waals surface area contributed by atoms with E-state index in [4.69, 9.17) is 5.11 Å². The van der Waals surface area contributed by atoms with Gasteiger partial charge in [-0.25, -0.2) is 4.79 Å². The molecule has 3 nitrogen and oxygen atoms in total. The van der Waals surface area contributed by atoms with Crippen LogP contribution in [-0.2, 0) is 4.79 Å². The second kappa shape index (κ2) is 5.31. The quantitative estimate of drug-likeness (QED) is 0.523. The fraction of sp³-hybridized carbons (Fsp3) is 0.750. The van der Waals surface area contributed by atoms with Gasteiger partial charge in [-0.1, -0.05) is 26.3 Å². The smallest absolute Gasteiger partial charge is 0.331 e. The van der Waals surface area contributed by atoms with Crippen LogP contribution >= 0.6 is 0 Å². The van der Waals surface area contributed by atoms with Crippen molar-refractivity contribution in [3.8, 4) is 0 Å². The molecule has 0 aromatic rings. The highest BCUT2D eigenvalue weighted by atomic mass is 16.4. The van der Waals surface area contributed by atoms with Crippen molar-refractivity contribution in [1.82, 2.24) is 5.32 Å². The Balaban J connectivity index is 2.22. The van der Waals surface area contributed by atoms with Crippen molar-refractivity contribution in [2.45, 2.75) is 39.5 Å². The third kappa shape index (κ3) is 3.67. The first kappa shape index (κ1) is 12.2. The van der Waals surface area contributed by atoms with Crippen molar-refractivity contribution in [1.29, 1.82) is 0 Å². The molecule has 0 aromatic heterocycles. The first-order valence-electron chi connectivity index (χ1n) is 5.70. The van der Waals surface area contributed by atoms with Gasteiger partial charge in [-0.15, -0.1) is 0 Å². The van der Waals surface area contributed by atoms with Gasteiger partial charge in [-0.2, -0.15) is 0 Å². The van der Waals surface area contributed by atoms with Crippen molar-refractivity contribution in [3.05, 3.63) is 11.6 Å². The van der Waals surface area contributed by atoms with Crippen molar-refractivity contribution < 1.29 is 9.90 Å². The summed E-state index contributed by atoms with van der Waals surface area (Å²) in [4.78, 5) is 10.7. The lowest BCUT2D eigenvalue weighted by atomic mass is 9.70. The maximum atomic E-state index is 10.7. The van der Waals surface area contributed by atoms with E-state index < -0.39 is 5.97 Å². The number of carboxylic acid groups (broad SMARTS) is 1. The van der Waals surface area contributed by atoms with Crippen LogP contribution in [0, 0.1) is 5.41 Å². The highest BCUT2D eigenvalue weighted by Gasteiger charge is 2.30. The van der Waals surface area contributed by atoms with Crippen molar-refractivity contribution >= 4 is 5.97 Å². The first-order valence-corrected chi connectivity index (χ1v) is 5.70. The molecule has 3 heteroatoms. The van der Waals surface area contributed by atoms with E-state index >= 15 is 0 Å². The van der Waals surface area contributed by atoms with Gasteiger partial charge in [0.2, 0.25) is 0 Å². The summed E-state index contributed by atoms with van der Waals surface area (Å²) in [5.74, 6) is -0.797. The summed E-state index contributed by atoms with van der Waals surface area (Å²) in [5, 5.41) is 12.1. The standard InChI is InChI=1S/C12H21NO2/c1-3-10(11(14)15)5-8-13-9-12(2)6-4-7-12/h5,13H,3-4,6-9H2,1-2H3,(H,14,15). The summed E-state index contributed by atoms with van der Waals surface area (Å²) in [6, 6.07) is 0. The molecule has 0 spiro atoms. The molecule has 86 valence electrons. The van der Waals surface area contributed by atoms with Crippen LogP contribution in [0.25, 0.3) is 0 Å². The second-order valence-corrected chi connectivity index (χ2v) is 4.68. The molecule has 15 heavy (non-hydrogen) atoms. The molecule has 0 atom stereocenters. The molecule has 0 saturated heterocycles. The Morgan fingerprint density at radius 1 is 1.53 bits per heavy atom. The normalized spacial score (nSPS) is 19.7. The lowest BCUT2D eigenvalue weighted by molar-refractivity contribution is -0.132. The van der Waals surface area contributed by atoms with E-state index in [0.717, 1.165) is 6.54 Å². The van der Waals surface area contributed by atoms with E-state index in [9.17, 15) is 4.79 Å². The molecule has 1 rings (SSSR count). The number of hydrogen-bond donors (Lipinski definition) is 2. The first-order chi connectivity index (χ1) is 7.07. The van der Waals surface area contributed by atoms with Gasteiger partial charge in [0.05, 0.1) is 0 Å². The largest absolute Gasteiger partial charge is 0.478 e. The maximum Gasteiger partial charge on any atom is 0.331 e. The zero-order valence-electron chi connectivity index (χ0n) is 9.68. The van der Waals surface area contributed by atoms with Gasteiger partial charge < -0.3 is 10.4 Å². The fourth-order valence-electron chi connectivity index (χ4n) is 1.91. The second-order valence-electron chi connectivity index (χ2n) is 4.68. The molecule has 0 heterocycles. The summed E-state index contributed by atoms with van der Waals surface area (Å²) in [6.45, 7) is 5.82. The lowest BCUT2D eigenvalue weighted by Gasteiger charge is -2.38. The average molecular weight is 211 g/mol. The van der Waals surface area contributed by atoms with E-state index in [1.807, 2.05) is 6.92 Å². The van der Waals surface area contributed by atoms with E-state index in [1.54, 1.807) is 6.08 Å². The number of carbonyl (C=O) groups is 1. The van der Waals surface area contributed by atoms with Crippen LogP contribution in [0.4, 0.5) is 0 Å². The highest BCUT2D eigenvalue weighted by Crippen LogP contribution is 2.39. The van der Waals surface area contributed by atoms with Crippen molar-refractivity contribution in [3.63, 3.8) is 0 Å². The summed E-state index contributed by atoms with van der Waals surface area (Å²) in [7, 11) is 0. The van der Waals surface area contributed by atoms with Crippen LogP contribution in [0.2, 0.25) is 0 Å². The van der Waals surface area contributed by atoms with Crippen LogP contribution in [0.15, 0.2) is 11.6 Å². The Bertz CT molecular complexity index is 254. The van der Waals surface area contributed by atoms with Crippen LogP contribution in [0.3, 0.4) is 0 Å². The van der Waals surface area contributed by atoms with Crippen molar-refractivity contribution in [2.75, 3.05) is 13.1 Å². The van der Waals surface area contributed by atoms with Gasteiger partial charge in [0.25, 0.3) is 0 Å². The van der Waals surface area contributed by atoms with Crippen LogP contribution in [0.5, 0.6) is 0 Å². The van der Waals surface area contributed by atoms with Crippen LogP contribution in [-0.4, -0.2) is 24.2 Å². The van der Waals surface area contributed by atoms with E-state index in [0.29, 0.717) is 24.0 Å². The lowest BCUT2D eigenvalue weighted by Crippen LogP contribution is -2.37. The number of aliphatic carboxylic acids is 1. The maximum absolute atomic E-state index is 10.7. The predicted molar refractivity (Wildman–Crippen MR) is 60.8 cm³/mol. The molecule has 1 saturated carbocycles. The molecule has 0 radical (unpaired) electrons. The van der Waals surface area contributed by atoms with Crippen molar-refractivity contribution in [2.24, 2.45) is 5.41 Å². The minimum Gasteiger partial charge on any atom is -0.478 e. The van der Waals surface area contributed by atoms with E-state index in [2.05, 4.69) is 12.2 Å². The van der Waals surface area contributed by atoms with E-state index in [1.165, 1.54) is 19.3 Å². The monoisotopic (exact) mass is 211 g/mol. The van der Waals surface area contributed by atoms with Gasteiger partial charge in [-0.3, -0.25) is 0 Å². The molecule has 0 bridgehead atoms. The SMILES string of the molecule is CCC(=CCNCC1(C)CCC1)C(=O)O. The van der Waals surface area contributed by atoms with Gasteiger partial charge in [0, 0.05) is 18.7 Å². The highest BCUT2D eigenvalue weighted by molar-refractivity contribution is 5.86. The molecule has 0 aromatic carbocycles. The molecule has 0 amide bonds. The molecular formula is C12H21NO2. The Morgan fingerprint density at radius 2 is 2.20 bits per heavy atom. The summed E-state index contributed by atoms with van der Waals surface area (Å²) < 4.78 is 0. The third-order valence-electron chi connectivity index (χ3n) is 3.26. The molecule has 1 fully saturated rings. The summed E-state index contributed by atoms with van der Waals surface area (Å²) >= 11 is 0. The number of carboxylic acids is 1. The average Bonchev–Trinajstić information content (AvgIpc) is 2.14. The zero-order valence-corrected chi connectivity index (χ0v) is 9.68. The van der Waals surface area contributed by atoms with Crippen LogP contribution < -0.4 is 5.32 Å². The third-order valence-corrected chi connectivity index (χ3v) is 3.26. The number of nitrogens with one attached hydrogen (secondary N) is 1. The topological polar surface area (TPSA) is 49.3 Å². The molecule has 2 N–H and O–H groups in total. The zero-order chi connectivity index (χ0) is 11.3. The van der Waals surface area contributed by atoms with Gasteiger partial charge in [-0.05, 0) is 24.7 Å². The van der Waals surface area contributed by atoms with Gasteiger partial charge >= 0.3 is 5.97 Å². The predicted octanol–water partition coefficient (Wildman–Crippen LogP) is 2.19. The summed E-state index contributed by atoms with van der Waals surface area (Å²) in [6.07, 6.45) is 6.30. The van der Waals surface area contributed by atoms with E-state index in [-0.39, 0.29) is 0 Å². The fourth-order valence-corrected chi connectivity index (χ4v) is 1.91. The molecule has 1 aliphatic rings. The number of rotatable bonds is 6. The molecule has 1 aliphatic carbocycles. The van der Waals surface area contributed by atoms with Gasteiger partial charge in [0.1, 0.15) is 0 Å². The minimum atomic E-state index is -0.797. The van der Waals surface area contributed by atoms with Gasteiger partial charge in [0.15, 0.2) is 0 Å². The minimum absolute atomic E-state index is 0.462. The Hall–Kier alpha value is -0.830. The molecule has 0 unspecified atom stereocenters. The molecule has 0 aliphatic heterocycles.